The highest BCUT2D eigenvalue weighted by atomic mass is 32.2. The molecule has 0 saturated carbocycles. The fourth-order valence-electron chi connectivity index (χ4n) is 1.42. The third kappa shape index (κ3) is 5.24. The van der Waals surface area contributed by atoms with Gasteiger partial charge in [0, 0.05) is 18.7 Å². The maximum Gasteiger partial charge on any atom is 0.240 e. The van der Waals surface area contributed by atoms with Crippen LogP contribution in [0.4, 0.5) is 5.69 Å². The van der Waals surface area contributed by atoms with Gasteiger partial charge in [0.2, 0.25) is 15.9 Å². The van der Waals surface area contributed by atoms with Crippen LogP contribution in [-0.2, 0) is 14.8 Å². The molecule has 0 fully saturated rings. The summed E-state index contributed by atoms with van der Waals surface area (Å²) in [6.45, 7) is 4.85. The number of thiocarbonyl (C=S) groups is 1. The molecule has 0 saturated heterocycles. The molecule has 1 aromatic rings. The summed E-state index contributed by atoms with van der Waals surface area (Å²) in [7, 11) is -3.50. The lowest BCUT2D eigenvalue weighted by Crippen LogP contribution is -2.32. The maximum absolute atomic E-state index is 11.9. The molecule has 6 nitrogen and oxygen atoms in total. The number of hydrogen-bond donors (Lipinski definition) is 3. The highest BCUT2D eigenvalue weighted by molar-refractivity contribution is 7.89. The largest absolute Gasteiger partial charge is 0.332 e. The van der Waals surface area contributed by atoms with E-state index in [9.17, 15) is 13.2 Å². The summed E-state index contributed by atoms with van der Waals surface area (Å²) in [6.07, 6.45) is 0. The third-order valence-corrected chi connectivity index (χ3v) is 3.98. The third-order valence-electron chi connectivity index (χ3n) is 2.10. The van der Waals surface area contributed by atoms with Gasteiger partial charge in [-0.3, -0.25) is 4.79 Å². The molecule has 1 aromatic carbocycles. The van der Waals surface area contributed by atoms with Crippen molar-refractivity contribution in [2.24, 2.45) is 0 Å². The average molecular weight is 315 g/mol. The van der Waals surface area contributed by atoms with E-state index in [0.717, 1.165) is 0 Å². The van der Waals surface area contributed by atoms with Gasteiger partial charge in [-0.15, -0.1) is 0 Å². The van der Waals surface area contributed by atoms with Crippen LogP contribution in [0.2, 0.25) is 0 Å². The smallest absolute Gasteiger partial charge is 0.240 e. The monoisotopic (exact) mass is 315 g/mol. The molecule has 0 spiro atoms. The van der Waals surface area contributed by atoms with E-state index in [0.29, 0.717) is 5.69 Å². The van der Waals surface area contributed by atoms with Crippen LogP contribution in [0.5, 0.6) is 0 Å². The van der Waals surface area contributed by atoms with E-state index in [1.165, 1.54) is 19.1 Å². The summed E-state index contributed by atoms with van der Waals surface area (Å²) < 4.78 is 26.3. The van der Waals surface area contributed by atoms with Gasteiger partial charge in [-0.2, -0.15) is 0 Å². The maximum atomic E-state index is 11.9. The van der Waals surface area contributed by atoms with Crippen molar-refractivity contribution in [3.8, 4) is 0 Å². The van der Waals surface area contributed by atoms with Crippen LogP contribution in [0.25, 0.3) is 0 Å². The molecule has 0 aliphatic heterocycles. The van der Waals surface area contributed by atoms with Crippen molar-refractivity contribution in [2.75, 3.05) is 5.32 Å². The van der Waals surface area contributed by atoms with Gasteiger partial charge in [-0.25, -0.2) is 13.1 Å². The number of benzene rings is 1. The normalized spacial score (nSPS) is 11.2. The Hall–Kier alpha value is -1.51. The number of rotatable bonds is 4. The van der Waals surface area contributed by atoms with Crippen LogP contribution in [0.15, 0.2) is 29.2 Å². The van der Waals surface area contributed by atoms with E-state index in [4.69, 9.17) is 12.2 Å². The quantitative estimate of drug-likeness (QED) is 0.727. The van der Waals surface area contributed by atoms with E-state index in [1.54, 1.807) is 26.0 Å². The topological polar surface area (TPSA) is 87.3 Å². The number of carbonyl (C=O) groups is 1. The van der Waals surface area contributed by atoms with Gasteiger partial charge in [0.15, 0.2) is 5.11 Å². The van der Waals surface area contributed by atoms with Crippen molar-refractivity contribution in [1.29, 1.82) is 0 Å². The van der Waals surface area contributed by atoms with Crippen LogP contribution < -0.4 is 15.4 Å². The molecule has 0 bridgehead atoms. The second kappa shape index (κ2) is 6.78. The van der Waals surface area contributed by atoms with Crippen LogP contribution in [0.1, 0.15) is 20.8 Å². The Morgan fingerprint density at radius 2 is 1.75 bits per heavy atom. The molecule has 1 rings (SSSR count). The molecule has 3 N–H and O–H groups in total. The first-order valence-corrected chi connectivity index (χ1v) is 7.81. The Morgan fingerprint density at radius 1 is 1.20 bits per heavy atom. The zero-order chi connectivity index (χ0) is 15.3. The van der Waals surface area contributed by atoms with Crippen molar-refractivity contribution in [1.82, 2.24) is 10.0 Å². The SMILES string of the molecule is CC(=O)NC(=S)Nc1ccc(S(=O)(=O)NC(C)C)cc1. The lowest BCUT2D eigenvalue weighted by atomic mass is 10.3. The Balaban J connectivity index is 2.79. The molecule has 0 heterocycles. The molecule has 0 unspecified atom stereocenters. The summed E-state index contributed by atoms with van der Waals surface area (Å²) >= 11 is 4.90. The van der Waals surface area contributed by atoms with E-state index in [-0.39, 0.29) is 22.0 Å². The van der Waals surface area contributed by atoms with E-state index in [2.05, 4.69) is 15.4 Å². The molecule has 0 aromatic heterocycles. The average Bonchev–Trinajstić information content (AvgIpc) is 2.26. The van der Waals surface area contributed by atoms with Gasteiger partial charge in [0.1, 0.15) is 0 Å². The van der Waals surface area contributed by atoms with Gasteiger partial charge in [-0.05, 0) is 50.3 Å². The first-order chi connectivity index (χ1) is 9.20. The number of carbonyl (C=O) groups excluding carboxylic acids is 1. The van der Waals surface area contributed by atoms with E-state index in [1.807, 2.05) is 0 Å². The van der Waals surface area contributed by atoms with E-state index >= 15 is 0 Å². The van der Waals surface area contributed by atoms with Crippen LogP contribution in [0, 0.1) is 0 Å². The van der Waals surface area contributed by atoms with Crippen molar-refractivity contribution in [3.05, 3.63) is 24.3 Å². The number of hydrogen-bond acceptors (Lipinski definition) is 4. The summed E-state index contributed by atoms with van der Waals surface area (Å²) in [5.74, 6) is -0.275. The summed E-state index contributed by atoms with van der Waals surface area (Å²) in [5.41, 5.74) is 0.590. The highest BCUT2D eigenvalue weighted by Gasteiger charge is 2.14. The zero-order valence-corrected chi connectivity index (χ0v) is 13.1. The highest BCUT2D eigenvalue weighted by Crippen LogP contribution is 2.14. The first kappa shape index (κ1) is 16.5. The Bertz CT molecular complexity index is 595. The van der Waals surface area contributed by atoms with Crippen LogP contribution in [0.3, 0.4) is 0 Å². The molecule has 0 aliphatic carbocycles. The fraction of sp³-hybridized carbons (Fsp3) is 0.333. The van der Waals surface area contributed by atoms with Gasteiger partial charge in [0.05, 0.1) is 4.90 Å². The van der Waals surface area contributed by atoms with Gasteiger partial charge in [-0.1, -0.05) is 0 Å². The molecule has 1 amide bonds. The molecule has 20 heavy (non-hydrogen) atoms. The molecular weight excluding hydrogens is 298 g/mol. The lowest BCUT2D eigenvalue weighted by molar-refractivity contribution is -0.117. The van der Waals surface area contributed by atoms with Crippen molar-refractivity contribution >= 4 is 38.9 Å². The molecule has 0 radical (unpaired) electrons. The molecule has 0 aliphatic rings. The van der Waals surface area contributed by atoms with Gasteiger partial charge < -0.3 is 10.6 Å². The first-order valence-electron chi connectivity index (χ1n) is 5.91. The van der Waals surface area contributed by atoms with Crippen molar-refractivity contribution in [3.63, 3.8) is 0 Å². The minimum Gasteiger partial charge on any atom is -0.332 e. The van der Waals surface area contributed by atoms with E-state index < -0.39 is 10.0 Å². The minimum absolute atomic E-state index is 0.161. The standard InChI is InChI=1S/C12H17N3O3S2/c1-8(2)15-20(17,18)11-6-4-10(5-7-11)14-12(19)13-9(3)16/h4-8,15H,1-3H3,(H2,13,14,16,19). The predicted octanol–water partition coefficient (Wildman–Crippen LogP) is 1.21. The Kier molecular flexibility index (Phi) is 5.61. The van der Waals surface area contributed by atoms with Gasteiger partial charge in [0.25, 0.3) is 0 Å². The predicted molar refractivity (Wildman–Crippen MR) is 81.9 cm³/mol. The number of amides is 1. The summed E-state index contributed by atoms with van der Waals surface area (Å²) in [6, 6.07) is 5.89. The summed E-state index contributed by atoms with van der Waals surface area (Å²) in [4.78, 5) is 11.0. The van der Waals surface area contributed by atoms with Gasteiger partial charge >= 0.3 is 0 Å². The number of anilines is 1. The number of nitrogens with one attached hydrogen (secondary N) is 3. The molecule has 0 atom stereocenters. The van der Waals surface area contributed by atoms with Crippen LogP contribution >= 0.6 is 12.2 Å². The molecular formula is C12H17N3O3S2. The lowest BCUT2D eigenvalue weighted by Gasteiger charge is -2.11. The Labute approximate surface area is 124 Å². The molecule has 8 heteroatoms. The van der Waals surface area contributed by atoms with Crippen LogP contribution in [-0.4, -0.2) is 25.5 Å². The Morgan fingerprint density at radius 3 is 2.20 bits per heavy atom. The van der Waals surface area contributed by atoms with Crippen molar-refractivity contribution in [2.45, 2.75) is 31.7 Å². The molecule has 110 valence electrons. The second-order valence-electron chi connectivity index (χ2n) is 4.44. The second-order valence-corrected chi connectivity index (χ2v) is 6.56. The van der Waals surface area contributed by atoms with Crippen molar-refractivity contribution < 1.29 is 13.2 Å². The summed E-state index contributed by atoms with van der Waals surface area (Å²) in [5, 5.41) is 5.35. The minimum atomic E-state index is -3.50. The fourth-order valence-corrected chi connectivity index (χ4v) is 2.93. The zero-order valence-electron chi connectivity index (χ0n) is 11.4. The number of sulfonamides is 1.